The molecule has 2 atom stereocenters. The van der Waals surface area contributed by atoms with Crippen LogP contribution < -0.4 is 11.1 Å². The maximum Gasteiger partial charge on any atom is 0.307 e. The van der Waals surface area contributed by atoms with E-state index in [9.17, 15) is 14.4 Å². The van der Waals surface area contributed by atoms with E-state index in [1.807, 2.05) is 6.08 Å². The third-order valence-corrected chi connectivity index (χ3v) is 3.52. The van der Waals surface area contributed by atoms with E-state index < -0.39 is 23.7 Å². The molecule has 0 fully saturated rings. The van der Waals surface area contributed by atoms with Crippen molar-refractivity contribution < 1.29 is 19.5 Å². The van der Waals surface area contributed by atoms with Gasteiger partial charge in [-0.2, -0.15) is 0 Å². The van der Waals surface area contributed by atoms with Gasteiger partial charge in [-0.3, -0.25) is 14.4 Å². The zero-order valence-corrected chi connectivity index (χ0v) is 11.3. The van der Waals surface area contributed by atoms with Crippen LogP contribution in [0.4, 0.5) is 5.69 Å². The summed E-state index contributed by atoms with van der Waals surface area (Å²) in [5.41, 5.74) is 5.98. The SMILES string of the molecule is NC(=O)c1ccc(NC(=O)[C@H]2CC=CC[C@H]2C(=O)O)cc1. The van der Waals surface area contributed by atoms with Crippen molar-refractivity contribution in [2.45, 2.75) is 12.8 Å². The first-order valence-electron chi connectivity index (χ1n) is 6.57. The molecule has 1 aliphatic carbocycles. The van der Waals surface area contributed by atoms with Crippen LogP contribution >= 0.6 is 0 Å². The number of primary amides is 1. The Kier molecular flexibility index (Phi) is 4.37. The predicted molar refractivity (Wildman–Crippen MR) is 76.6 cm³/mol. The minimum absolute atomic E-state index is 0.335. The summed E-state index contributed by atoms with van der Waals surface area (Å²) in [5.74, 6) is -3.15. The fourth-order valence-electron chi connectivity index (χ4n) is 2.33. The maximum absolute atomic E-state index is 12.2. The summed E-state index contributed by atoms with van der Waals surface area (Å²) in [6.07, 6.45) is 4.36. The Balaban J connectivity index is 2.08. The topological polar surface area (TPSA) is 109 Å². The first-order chi connectivity index (χ1) is 9.99. The lowest BCUT2D eigenvalue weighted by Crippen LogP contribution is -2.34. The number of nitrogens with two attached hydrogens (primary N) is 1. The fraction of sp³-hybridized carbons (Fsp3) is 0.267. The molecule has 1 aromatic carbocycles. The van der Waals surface area contributed by atoms with Crippen LogP contribution in [0.2, 0.25) is 0 Å². The first-order valence-corrected chi connectivity index (χ1v) is 6.57. The molecule has 0 radical (unpaired) electrons. The second kappa shape index (κ2) is 6.21. The standard InChI is InChI=1S/C15H16N2O4/c16-13(18)9-5-7-10(8-6-9)17-14(19)11-3-1-2-4-12(11)15(20)21/h1-2,5-8,11-12H,3-4H2,(H2,16,18)(H,17,19)(H,20,21)/t11-,12+/m0/s1. The molecular weight excluding hydrogens is 272 g/mol. The minimum Gasteiger partial charge on any atom is -0.481 e. The summed E-state index contributed by atoms with van der Waals surface area (Å²) in [6.45, 7) is 0. The summed E-state index contributed by atoms with van der Waals surface area (Å²) in [4.78, 5) is 34.3. The van der Waals surface area contributed by atoms with Gasteiger partial charge in [-0.1, -0.05) is 12.2 Å². The maximum atomic E-state index is 12.2. The van der Waals surface area contributed by atoms with Crippen LogP contribution in [-0.4, -0.2) is 22.9 Å². The van der Waals surface area contributed by atoms with Gasteiger partial charge in [0.2, 0.25) is 11.8 Å². The van der Waals surface area contributed by atoms with Gasteiger partial charge in [0.05, 0.1) is 11.8 Å². The fourth-order valence-corrected chi connectivity index (χ4v) is 2.33. The van der Waals surface area contributed by atoms with Gasteiger partial charge in [-0.15, -0.1) is 0 Å². The van der Waals surface area contributed by atoms with E-state index in [4.69, 9.17) is 10.8 Å². The molecule has 1 aliphatic rings. The number of nitrogens with one attached hydrogen (secondary N) is 1. The number of carbonyl (C=O) groups is 3. The number of carboxylic acids is 1. The molecule has 2 amide bonds. The molecule has 1 aromatic rings. The molecule has 0 aromatic heterocycles. The highest BCUT2D eigenvalue weighted by molar-refractivity contribution is 5.97. The number of anilines is 1. The molecule has 0 aliphatic heterocycles. The molecular formula is C15H16N2O4. The van der Waals surface area contributed by atoms with E-state index in [2.05, 4.69) is 5.32 Å². The summed E-state index contributed by atoms with van der Waals surface area (Å²) >= 11 is 0. The van der Waals surface area contributed by atoms with Gasteiger partial charge in [-0.25, -0.2) is 0 Å². The third-order valence-electron chi connectivity index (χ3n) is 3.52. The van der Waals surface area contributed by atoms with Gasteiger partial charge in [-0.05, 0) is 37.1 Å². The van der Waals surface area contributed by atoms with E-state index >= 15 is 0 Å². The van der Waals surface area contributed by atoms with Gasteiger partial charge in [0.15, 0.2) is 0 Å². The van der Waals surface area contributed by atoms with Crippen LogP contribution in [0.3, 0.4) is 0 Å². The molecule has 110 valence electrons. The van der Waals surface area contributed by atoms with E-state index in [0.29, 0.717) is 24.1 Å². The smallest absolute Gasteiger partial charge is 0.307 e. The molecule has 6 nitrogen and oxygen atoms in total. The van der Waals surface area contributed by atoms with Gasteiger partial charge in [0.25, 0.3) is 0 Å². The Morgan fingerprint density at radius 1 is 1.05 bits per heavy atom. The van der Waals surface area contributed by atoms with Crippen LogP contribution in [0.25, 0.3) is 0 Å². The van der Waals surface area contributed by atoms with Crippen molar-refractivity contribution in [2.24, 2.45) is 17.6 Å². The Morgan fingerprint density at radius 2 is 1.62 bits per heavy atom. The Morgan fingerprint density at radius 3 is 2.14 bits per heavy atom. The molecule has 4 N–H and O–H groups in total. The van der Waals surface area contributed by atoms with Crippen LogP contribution in [-0.2, 0) is 9.59 Å². The zero-order valence-electron chi connectivity index (χ0n) is 11.3. The van der Waals surface area contributed by atoms with Crippen molar-refractivity contribution in [1.82, 2.24) is 0 Å². The lowest BCUT2D eigenvalue weighted by Gasteiger charge is -2.24. The highest BCUT2D eigenvalue weighted by atomic mass is 16.4. The van der Waals surface area contributed by atoms with Crippen molar-refractivity contribution in [1.29, 1.82) is 0 Å². The first kappa shape index (κ1) is 14.8. The quantitative estimate of drug-likeness (QED) is 0.727. The van der Waals surface area contributed by atoms with E-state index in [1.165, 1.54) is 12.1 Å². The zero-order chi connectivity index (χ0) is 15.4. The normalized spacial score (nSPS) is 20.8. The number of rotatable bonds is 4. The van der Waals surface area contributed by atoms with Crippen LogP contribution in [0.5, 0.6) is 0 Å². The molecule has 0 bridgehead atoms. The van der Waals surface area contributed by atoms with E-state index in [-0.39, 0.29) is 5.91 Å². The van der Waals surface area contributed by atoms with Gasteiger partial charge < -0.3 is 16.2 Å². The number of hydrogen-bond donors (Lipinski definition) is 3. The second-order valence-corrected chi connectivity index (χ2v) is 4.92. The number of carbonyl (C=O) groups excluding carboxylic acids is 2. The average Bonchev–Trinajstić information content (AvgIpc) is 2.47. The van der Waals surface area contributed by atoms with Crippen LogP contribution in [0.15, 0.2) is 36.4 Å². The molecule has 21 heavy (non-hydrogen) atoms. The average molecular weight is 288 g/mol. The van der Waals surface area contributed by atoms with Crippen molar-refractivity contribution in [3.8, 4) is 0 Å². The minimum atomic E-state index is -0.969. The number of hydrogen-bond acceptors (Lipinski definition) is 3. The summed E-state index contributed by atoms with van der Waals surface area (Å²) in [6, 6.07) is 6.14. The van der Waals surface area contributed by atoms with Gasteiger partial charge >= 0.3 is 5.97 Å². The number of amides is 2. The van der Waals surface area contributed by atoms with Crippen molar-refractivity contribution >= 4 is 23.5 Å². The van der Waals surface area contributed by atoms with E-state index in [1.54, 1.807) is 18.2 Å². The van der Waals surface area contributed by atoms with Gasteiger partial charge in [0.1, 0.15) is 0 Å². The Bertz CT molecular complexity index is 592. The predicted octanol–water partition coefficient (Wildman–Crippen LogP) is 1.39. The number of allylic oxidation sites excluding steroid dienone is 2. The van der Waals surface area contributed by atoms with Crippen LogP contribution in [0.1, 0.15) is 23.2 Å². The van der Waals surface area contributed by atoms with Crippen LogP contribution in [0, 0.1) is 11.8 Å². The molecule has 0 spiro atoms. The highest BCUT2D eigenvalue weighted by Crippen LogP contribution is 2.27. The monoisotopic (exact) mass is 288 g/mol. The molecule has 0 unspecified atom stereocenters. The molecule has 2 rings (SSSR count). The third kappa shape index (κ3) is 3.47. The molecule has 0 saturated heterocycles. The van der Waals surface area contributed by atoms with Crippen molar-refractivity contribution in [2.75, 3.05) is 5.32 Å². The van der Waals surface area contributed by atoms with Crippen molar-refractivity contribution in [3.63, 3.8) is 0 Å². The number of carboxylic acid groups (broad SMARTS) is 1. The molecule has 0 heterocycles. The second-order valence-electron chi connectivity index (χ2n) is 4.92. The van der Waals surface area contributed by atoms with Crippen molar-refractivity contribution in [3.05, 3.63) is 42.0 Å². The molecule has 0 saturated carbocycles. The lowest BCUT2D eigenvalue weighted by atomic mass is 9.82. The Hall–Kier alpha value is -2.63. The Labute approximate surface area is 121 Å². The molecule has 6 heteroatoms. The lowest BCUT2D eigenvalue weighted by molar-refractivity contribution is -0.146. The van der Waals surface area contributed by atoms with Gasteiger partial charge in [0, 0.05) is 11.3 Å². The number of aliphatic carboxylic acids is 1. The summed E-state index contributed by atoms with van der Waals surface area (Å²) < 4.78 is 0. The summed E-state index contributed by atoms with van der Waals surface area (Å²) in [5, 5.41) is 11.8. The highest BCUT2D eigenvalue weighted by Gasteiger charge is 2.33. The largest absolute Gasteiger partial charge is 0.481 e. The number of benzene rings is 1. The summed E-state index contributed by atoms with van der Waals surface area (Å²) in [7, 11) is 0. The van der Waals surface area contributed by atoms with E-state index in [0.717, 1.165) is 0 Å².